The van der Waals surface area contributed by atoms with Crippen molar-refractivity contribution in [2.24, 2.45) is 0 Å². The molecule has 0 bridgehead atoms. The first-order valence-electron chi connectivity index (χ1n) is 6.08. The zero-order chi connectivity index (χ0) is 14.1. The smallest absolute Gasteiger partial charge is 0.274 e. The van der Waals surface area contributed by atoms with Gasteiger partial charge in [0, 0.05) is 24.5 Å². The molecule has 3 N–H and O–H groups in total. The summed E-state index contributed by atoms with van der Waals surface area (Å²) in [6.07, 6.45) is 4.83. The lowest BCUT2D eigenvalue weighted by Crippen LogP contribution is -2.39. The molecule has 0 saturated carbocycles. The standard InChI is InChI=1S/C12H12N6O2/c13-12-16-9-6-18(4-1-7(9)10(19)17-12)11(20)8-5-14-2-3-15-8/h2-3,5H,1,4,6H2,(H3,13,16,17,19). The van der Waals surface area contributed by atoms with E-state index in [1.54, 1.807) is 4.90 Å². The van der Waals surface area contributed by atoms with Crippen LogP contribution in [0.5, 0.6) is 0 Å². The molecule has 102 valence electrons. The highest BCUT2D eigenvalue weighted by molar-refractivity contribution is 5.92. The number of nitrogen functional groups attached to an aromatic ring is 1. The van der Waals surface area contributed by atoms with E-state index in [-0.39, 0.29) is 29.7 Å². The number of rotatable bonds is 1. The lowest BCUT2D eigenvalue weighted by molar-refractivity contribution is 0.0725. The number of nitrogens with two attached hydrogens (primary N) is 1. The van der Waals surface area contributed by atoms with E-state index in [4.69, 9.17) is 5.73 Å². The molecule has 0 unspecified atom stereocenters. The van der Waals surface area contributed by atoms with Crippen LogP contribution in [0.25, 0.3) is 0 Å². The fourth-order valence-electron chi connectivity index (χ4n) is 2.20. The number of aromatic nitrogens is 4. The van der Waals surface area contributed by atoms with Crippen LogP contribution in [0, 0.1) is 0 Å². The Morgan fingerprint density at radius 3 is 3.00 bits per heavy atom. The topological polar surface area (TPSA) is 118 Å². The fraction of sp³-hybridized carbons (Fsp3) is 0.250. The van der Waals surface area contributed by atoms with Crippen molar-refractivity contribution in [1.29, 1.82) is 0 Å². The number of aromatic amines is 1. The summed E-state index contributed by atoms with van der Waals surface area (Å²) in [4.78, 5) is 40.0. The molecule has 1 aliphatic rings. The van der Waals surface area contributed by atoms with Gasteiger partial charge in [0.2, 0.25) is 5.95 Å². The van der Waals surface area contributed by atoms with E-state index in [2.05, 4.69) is 19.9 Å². The molecule has 3 rings (SSSR count). The summed E-state index contributed by atoms with van der Waals surface area (Å²) < 4.78 is 0. The molecule has 0 saturated heterocycles. The largest absolute Gasteiger partial charge is 0.369 e. The summed E-state index contributed by atoms with van der Waals surface area (Å²) >= 11 is 0. The molecule has 1 aliphatic heterocycles. The number of H-pyrrole nitrogens is 1. The average Bonchev–Trinajstić information content (AvgIpc) is 2.46. The summed E-state index contributed by atoms with van der Waals surface area (Å²) in [5, 5.41) is 0. The van der Waals surface area contributed by atoms with Crippen LogP contribution in [0.15, 0.2) is 23.4 Å². The quantitative estimate of drug-likeness (QED) is 0.711. The molecule has 20 heavy (non-hydrogen) atoms. The van der Waals surface area contributed by atoms with Crippen molar-refractivity contribution < 1.29 is 4.79 Å². The lowest BCUT2D eigenvalue weighted by atomic mass is 10.1. The van der Waals surface area contributed by atoms with Gasteiger partial charge in [0.15, 0.2) is 0 Å². The minimum atomic E-state index is -0.237. The van der Waals surface area contributed by atoms with E-state index >= 15 is 0 Å². The monoisotopic (exact) mass is 272 g/mol. The summed E-state index contributed by atoms with van der Waals surface area (Å²) in [6.45, 7) is 0.690. The molecule has 0 spiro atoms. The number of anilines is 1. The third-order valence-corrected chi connectivity index (χ3v) is 3.16. The summed E-state index contributed by atoms with van der Waals surface area (Å²) in [7, 11) is 0. The maximum absolute atomic E-state index is 12.3. The first-order chi connectivity index (χ1) is 9.65. The van der Waals surface area contributed by atoms with Crippen LogP contribution in [0.4, 0.5) is 5.95 Å². The van der Waals surface area contributed by atoms with E-state index in [1.807, 2.05) is 0 Å². The molecular formula is C12H12N6O2. The maximum Gasteiger partial charge on any atom is 0.274 e. The van der Waals surface area contributed by atoms with E-state index in [1.165, 1.54) is 18.6 Å². The Morgan fingerprint density at radius 1 is 1.40 bits per heavy atom. The fourth-order valence-corrected chi connectivity index (χ4v) is 2.20. The van der Waals surface area contributed by atoms with E-state index < -0.39 is 0 Å². The van der Waals surface area contributed by atoms with Gasteiger partial charge in [-0.2, -0.15) is 0 Å². The number of carbonyl (C=O) groups is 1. The van der Waals surface area contributed by atoms with Crippen molar-refractivity contribution in [2.75, 3.05) is 12.3 Å². The van der Waals surface area contributed by atoms with Gasteiger partial charge < -0.3 is 10.6 Å². The Balaban J connectivity index is 1.89. The maximum atomic E-state index is 12.3. The number of hydrogen-bond acceptors (Lipinski definition) is 6. The molecule has 2 aromatic rings. The third kappa shape index (κ3) is 2.11. The molecule has 0 aliphatic carbocycles. The highest BCUT2D eigenvalue weighted by Crippen LogP contribution is 2.15. The molecule has 0 aromatic carbocycles. The van der Waals surface area contributed by atoms with Crippen LogP contribution in [-0.2, 0) is 13.0 Å². The van der Waals surface area contributed by atoms with Gasteiger partial charge in [0.25, 0.3) is 11.5 Å². The number of fused-ring (bicyclic) bond motifs is 1. The number of amides is 1. The number of nitrogens with one attached hydrogen (secondary N) is 1. The van der Waals surface area contributed by atoms with E-state index in [9.17, 15) is 9.59 Å². The first-order valence-corrected chi connectivity index (χ1v) is 6.08. The van der Waals surface area contributed by atoms with Crippen molar-refractivity contribution in [2.45, 2.75) is 13.0 Å². The van der Waals surface area contributed by atoms with Crippen LogP contribution in [0.1, 0.15) is 21.7 Å². The summed E-state index contributed by atoms with van der Waals surface area (Å²) in [5.41, 5.74) is 6.68. The van der Waals surface area contributed by atoms with Crippen LogP contribution in [0.3, 0.4) is 0 Å². The average molecular weight is 272 g/mol. The van der Waals surface area contributed by atoms with Crippen LogP contribution < -0.4 is 11.3 Å². The molecule has 3 heterocycles. The Hall–Kier alpha value is -2.77. The van der Waals surface area contributed by atoms with Crippen molar-refractivity contribution >= 4 is 11.9 Å². The number of carbonyl (C=O) groups excluding carboxylic acids is 1. The molecule has 0 radical (unpaired) electrons. The first kappa shape index (κ1) is 12.3. The molecule has 2 aromatic heterocycles. The van der Waals surface area contributed by atoms with Crippen LogP contribution >= 0.6 is 0 Å². The molecule has 8 heteroatoms. The molecular weight excluding hydrogens is 260 g/mol. The number of hydrogen-bond donors (Lipinski definition) is 2. The van der Waals surface area contributed by atoms with Gasteiger partial charge in [-0.1, -0.05) is 0 Å². The number of nitrogens with zero attached hydrogens (tertiary/aromatic N) is 4. The second-order valence-corrected chi connectivity index (χ2v) is 4.44. The van der Waals surface area contributed by atoms with Gasteiger partial charge in [0.05, 0.1) is 18.4 Å². The SMILES string of the molecule is Nc1nc2c(c(=O)[nH]1)CCN(C(=O)c1cnccn1)C2. The van der Waals surface area contributed by atoms with Gasteiger partial charge in [-0.15, -0.1) is 0 Å². The molecule has 1 amide bonds. The zero-order valence-corrected chi connectivity index (χ0v) is 10.5. The van der Waals surface area contributed by atoms with Crippen molar-refractivity contribution in [3.63, 3.8) is 0 Å². The van der Waals surface area contributed by atoms with Gasteiger partial charge in [0.1, 0.15) is 5.69 Å². The Morgan fingerprint density at radius 2 is 2.25 bits per heavy atom. The second-order valence-electron chi connectivity index (χ2n) is 4.44. The molecule has 0 fully saturated rings. The lowest BCUT2D eigenvalue weighted by Gasteiger charge is -2.27. The predicted octanol–water partition coefficient (Wildman–Crippen LogP) is -0.659. The Kier molecular flexibility index (Phi) is 2.90. The van der Waals surface area contributed by atoms with Crippen LogP contribution in [-0.4, -0.2) is 37.3 Å². The van der Waals surface area contributed by atoms with Gasteiger partial charge >= 0.3 is 0 Å². The van der Waals surface area contributed by atoms with Crippen molar-refractivity contribution in [1.82, 2.24) is 24.8 Å². The summed E-state index contributed by atoms with van der Waals surface area (Å²) in [5.74, 6) is -0.174. The van der Waals surface area contributed by atoms with Crippen molar-refractivity contribution in [3.05, 3.63) is 45.9 Å². The predicted molar refractivity (Wildman–Crippen MR) is 69.7 cm³/mol. The Labute approximate surface area is 113 Å². The van der Waals surface area contributed by atoms with Gasteiger partial charge in [-0.05, 0) is 6.42 Å². The van der Waals surface area contributed by atoms with Gasteiger partial charge in [-0.3, -0.25) is 19.6 Å². The van der Waals surface area contributed by atoms with Gasteiger partial charge in [-0.25, -0.2) is 9.97 Å². The van der Waals surface area contributed by atoms with E-state index in [0.29, 0.717) is 24.2 Å². The second kappa shape index (κ2) is 4.72. The Bertz CT molecular complexity index is 712. The minimum absolute atomic E-state index is 0.0579. The van der Waals surface area contributed by atoms with E-state index in [0.717, 1.165) is 0 Å². The molecule has 8 nitrogen and oxygen atoms in total. The third-order valence-electron chi connectivity index (χ3n) is 3.16. The minimum Gasteiger partial charge on any atom is -0.369 e. The van der Waals surface area contributed by atoms with Crippen molar-refractivity contribution in [3.8, 4) is 0 Å². The zero-order valence-electron chi connectivity index (χ0n) is 10.5. The molecule has 0 atom stereocenters. The highest BCUT2D eigenvalue weighted by atomic mass is 16.2. The summed E-state index contributed by atoms with van der Waals surface area (Å²) in [6, 6.07) is 0. The van der Waals surface area contributed by atoms with Crippen LogP contribution in [0.2, 0.25) is 0 Å². The highest BCUT2D eigenvalue weighted by Gasteiger charge is 2.25. The normalized spacial score (nSPS) is 13.9.